The van der Waals surface area contributed by atoms with Gasteiger partial charge >= 0.3 is 0 Å². The summed E-state index contributed by atoms with van der Waals surface area (Å²) in [5, 5.41) is 10.4. The molecule has 1 fully saturated rings. The van der Waals surface area contributed by atoms with Crippen LogP contribution in [0.2, 0.25) is 0 Å². The Hall–Kier alpha value is -1.35. The van der Waals surface area contributed by atoms with Crippen LogP contribution in [0.1, 0.15) is 53.6 Å². The fraction of sp³-hybridized carbons (Fsp3) is 0.588. The summed E-state index contributed by atoms with van der Waals surface area (Å²) in [6.07, 6.45) is 4.43. The van der Waals surface area contributed by atoms with Crippen molar-refractivity contribution in [3.63, 3.8) is 0 Å². The van der Waals surface area contributed by atoms with E-state index in [-0.39, 0.29) is 11.7 Å². The quantitative estimate of drug-likeness (QED) is 0.857. The van der Waals surface area contributed by atoms with Gasteiger partial charge in [-0.2, -0.15) is 0 Å². The van der Waals surface area contributed by atoms with E-state index in [1.165, 1.54) is 6.42 Å². The molecule has 0 radical (unpaired) electrons. The van der Waals surface area contributed by atoms with E-state index >= 15 is 0 Å². The van der Waals surface area contributed by atoms with E-state index in [0.717, 1.165) is 36.8 Å². The standard InChI is InChI=1S/C17H24O3/c1-11-9-10-14(17(20-3)12(11)2)16(19)15(18)13-7-5-4-6-8-13/h9-10,13,15,18H,4-8H2,1-3H3. The van der Waals surface area contributed by atoms with Crippen LogP contribution in [0, 0.1) is 19.8 Å². The van der Waals surface area contributed by atoms with Crippen LogP contribution >= 0.6 is 0 Å². The molecule has 1 aromatic rings. The monoisotopic (exact) mass is 276 g/mol. The van der Waals surface area contributed by atoms with Gasteiger partial charge in [0.1, 0.15) is 11.9 Å². The highest BCUT2D eigenvalue weighted by atomic mass is 16.5. The number of rotatable bonds is 4. The third-order valence-electron chi connectivity index (χ3n) is 4.51. The van der Waals surface area contributed by atoms with Gasteiger partial charge in [0, 0.05) is 0 Å². The van der Waals surface area contributed by atoms with Crippen molar-refractivity contribution in [3.8, 4) is 5.75 Å². The third kappa shape index (κ3) is 2.88. The van der Waals surface area contributed by atoms with Crippen LogP contribution in [0.5, 0.6) is 5.75 Å². The van der Waals surface area contributed by atoms with E-state index in [9.17, 15) is 9.90 Å². The Bertz CT molecular complexity index is 487. The second-order valence-electron chi connectivity index (χ2n) is 5.80. The number of ether oxygens (including phenoxy) is 1. The van der Waals surface area contributed by atoms with Gasteiger partial charge in [-0.05, 0) is 49.8 Å². The van der Waals surface area contributed by atoms with E-state index in [1.54, 1.807) is 13.2 Å². The highest BCUT2D eigenvalue weighted by molar-refractivity contribution is 6.02. The van der Waals surface area contributed by atoms with E-state index in [0.29, 0.717) is 11.3 Å². The minimum Gasteiger partial charge on any atom is -0.496 e. The SMILES string of the molecule is COc1c(C(=O)C(O)C2CCCCC2)ccc(C)c1C. The molecule has 1 aliphatic carbocycles. The number of aryl methyl sites for hydroxylation is 1. The molecule has 110 valence electrons. The Balaban J connectivity index is 2.26. The van der Waals surface area contributed by atoms with Crippen molar-refractivity contribution < 1.29 is 14.6 Å². The first-order valence-electron chi connectivity index (χ1n) is 7.42. The first-order chi connectivity index (χ1) is 9.56. The lowest BCUT2D eigenvalue weighted by atomic mass is 9.82. The van der Waals surface area contributed by atoms with Gasteiger partial charge < -0.3 is 9.84 Å². The van der Waals surface area contributed by atoms with Crippen molar-refractivity contribution in [2.45, 2.75) is 52.1 Å². The lowest BCUT2D eigenvalue weighted by molar-refractivity contribution is 0.0531. The van der Waals surface area contributed by atoms with Crippen molar-refractivity contribution in [2.75, 3.05) is 7.11 Å². The van der Waals surface area contributed by atoms with Gasteiger partial charge in [0.05, 0.1) is 12.7 Å². The number of benzene rings is 1. The van der Waals surface area contributed by atoms with Gasteiger partial charge in [-0.1, -0.05) is 25.3 Å². The summed E-state index contributed by atoms with van der Waals surface area (Å²) >= 11 is 0. The van der Waals surface area contributed by atoms with Crippen molar-refractivity contribution in [1.29, 1.82) is 0 Å². The lowest BCUT2D eigenvalue weighted by Gasteiger charge is -2.26. The van der Waals surface area contributed by atoms with Gasteiger partial charge in [-0.25, -0.2) is 0 Å². The van der Waals surface area contributed by atoms with Gasteiger partial charge in [0.15, 0.2) is 5.78 Å². The van der Waals surface area contributed by atoms with Crippen molar-refractivity contribution in [2.24, 2.45) is 5.92 Å². The number of aliphatic hydroxyl groups excluding tert-OH is 1. The summed E-state index contributed by atoms with van der Waals surface area (Å²) in [6, 6.07) is 3.69. The lowest BCUT2D eigenvalue weighted by Crippen LogP contribution is -2.31. The Labute approximate surface area is 121 Å². The van der Waals surface area contributed by atoms with E-state index in [1.807, 2.05) is 19.9 Å². The molecular formula is C17H24O3. The highest BCUT2D eigenvalue weighted by Gasteiger charge is 2.30. The van der Waals surface area contributed by atoms with Crippen molar-refractivity contribution in [3.05, 3.63) is 28.8 Å². The number of carbonyl (C=O) groups excluding carboxylic acids is 1. The number of ketones is 1. The molecule has 0 aromatic heterocycles. The minimum absolute atomic E-state index is 0.0996. The zero-order valence-corrected chi connectivity index (χ0v) is 12.6. The zero-order valence-electron chi connectivity index (χ0n) is 12.6. The van der Waals surface area contributed by atoms with Crippen LogP contribution in [-0.2, 0) is 0 Å². The van der Waals surface area contributed by atoms with E-state index in [4.69, 9.17) is 4.74 Å². The average molecular weight is 276 g/mol. The molecule has 1 aliphatic rings. The molecule has 1 aromatic carbocycles. The molecule has 1 atom stereocenters. The molecular weight excluding hydrogens is 252 g/mol. The maximum absolute atomic E-state index is 12.6. The number of hydrogen-bond donors (Lipinski definition) is 1. The number of methoxy groups -OCH3 is 1. The molecule has 1 N–H and O–H groups in total. The van der Waals surface area contributed by atoms with Gasteiger partial charge in [0.25, 0.3) is 0 Å². The van der Waals surface area contributed by atoms with Crippen LogP contribution in [0.3, 0.4) is 0 Å². The molecule has 3 heteroatoms. The molecule has 3 nitrogen and oxygen atoms in total. The molecule has 0 spiro atoms. The van der Waals surface area contributed by atoms with Crippen LogP contribution in [0.4, 0.5) is 0 Å². The first-order valence-corrected chi connectivity index (χ1v) is 7.42. The Morgan fingerprint density at radius 2 is 1.90 bits per heavy atom. The number of hydrogen-bond acceptors (Lipinski definition) is 3. The molecule has 0 aliphatic heterocycles. The second kappa shape index (κ2) is 6.40. The Kier molecular flexibility index (Phi) is 4.81. The maximum Gasteiger partial charge on any atom is 0.195 e. The molecule has 0 bridgehead atoms. The molecule has 2 rings (SSSR count). The third-order valence-corrected chi connectivity index (χ3v) is 4.51. The summed E-state index contributed by atoms with van der Waals surface area (Å²) < 4.78 is 5.38. The van der Waals surface area contributed by atoms with Crippen LogP contribution in [0.25, 0.3) is 0 Å². The van der Waals surface area contributed by atoms with Crippen LogP contribution < -0.4 is 4.74 Å². The molecule has 1 saturated carbocycles. The summed E-state index contributed by atoms with van der Waals surface area (Å²) in [6.45, 7) is 3.93. The van der Waals surface area contributed by atoms with E-state index in [2.05, 4.69) is 0 Å². The van der Waals surface area contributed by atoms with Gasteiger partial charge in [-0.15, -0.1) is 0 Å². The number of aliphatic hydroxyl groups is 1. The summed E-state index contributed by atoms with van der Waals surface area (Å²) in [7, 11) is 1.57. The summed E-state index contributed by atoms with van der Waals surface area (Å²) in [4.78, 5) is 12.6. The Morgan fingerprint density at radius 3 is 2.50 bits per heavy atom. The predicted molar refractivity (Wildman–Crippen MR) is 79.4 cm³/mol. The van der Waals surface area contributed by atoms with Crippen molar-refractivity contribution in [1.82, 2.24) is 0 Å². The summed E-state index contributed by atoms with van der Waals surface area (Å²) in [5.41, 5.74) is 2.56. The topological polar surface area (TPSA) is 46.5 Å². The predicted octanol–water partition coefficient (Wildman–Crippen LogP) is 3.44. The van der Waals surface area contributed by atoms with Gasteiger partial charge in [0.2, 0.25) is 0 Å². The molecule has 0 heterocycles. The smallest absolute Gasteiger partial charge is 0.195 e. The average Bonchev–Trinajstić information content (AvgIpc) is 2.49. The van der Waals surface area contributed by atoms with Crippen molar-refractivity contribution >= 4 is 5.78 Å². The summed E-state index contributed by atoms with van der Waals surface area (Å²) in [5.74, 6) is 0.504. The first kappa shape index (κ1) is 15.0. The largest absolute Gasteiger partial charge is 0.496 e. The van der Waals surface area contributed by atoms with E-state index < -0.39 is 6.10 Å². The number of Topliss-reactive ketones (excluding diaryl/α,β-unsaturated/α-hetero) is 1. The van der Waals surface area contributed by atoms with Gasteiger partial charge in [-0.3, -0.25) is 4.79 Å². The molecule has 1 unspecified atom stereocenters. The normalized spacial score (nSPS) is 17.8. The Morgan fingerprint density at radius 1 is 1.25 bits per heavy atom. The minimum atomic E-state index is -0.897. The molecule has 0 amide bonds. The second-order valence-corrected chi connectivity index (χ2v) is 5.80. The fourth-order valence-corrected chi connectivity index (χ4v) is 3.07. The maximum atomic E-state index is 12.6. The fourth-order valence-electron chi connectivity index (χ4n) is 3.07. The highest BCUT2D eigenvalue weighted by Crippen LogP contribution is 2.32. The van der Waals surface area contributed by atoms with Crippen LogP contribution in [0.15, 0.2) is 12.1 Å². The molecule has 0 saturated heterocycles. The van der Waals surface area contributed by atoms with Crippen LogP contribution in [-0.4, -0.2) is 24.1 Å². The number of carbonyl (C=O) groups is 1. The zero-order chi connectivity index (χ0) is 14.7. The molecule has 20 heavy (non-hydrogen) atoms.